The summed E-state index contributed by atoms with van der Waals surface area (Å²) in [6.07, 6.45) is 7.69. The highest BCUT2D eigenvalue weighted by Crippen LogP contribution is 2.46. The van der Waals surface area contributed by atoms with Crippen molar-refractivity contribution in [2.24, 2.45) is 4.99 Å². The minimum absolute atomic E-state index is 0.167. The molecule has 0 fully saturated rings. The zero-order valence-electron chi connectivity index (χ0n) is 29.9. The number of fused-ring (bicyclic) bond motifs is 1. The fourth-order valence-electron chi connectivity index (χ4n) is 7.17. The highest BCUT2D eigenvalue weighted by molar-refractivity contribution is 6.48. The van der Waals surface area contributed by atoms with Gasteiger partial charge in [-0.1, -0.05) is 30.3 Å². The molecule has 50 heavy (non-hydrogen) atoms. The van der Waals surface area contributed by atoms with E-state index in [1.165, 1.54) is 0 Å². The van der Waals surface area contributed by atoms with Crippen LogP contribution in [0.2, 0.25) is 0 Å². The minimum atomic E-state index is -0.691. The van der Waals surface area contributed by atoms with Gasteiger partial charge in [0, 0.05) is 48.2 Å². The Morgan fingerprint density at radius 2 is 1.62 bits per heavy atom. The molecule has 262 valence electrons. The number of hydrogen-bond donors (Lipinski definition) is 2. The molecule has 11 nitrogen and oxygen atoms in total. The predicted octanol–water partition coefficient (Wildman–Crippen LogP) is 6.16. The molecule has 4 heterocycles. The maximum absolute atomic E-state index is 14.0. The van der Waals surface area contributed by atoms with Gasteiger partial charge in [-0.2, -0.15) is 0 Å². The third-order valence-corrected chi connectivity index (χ3v) is 9.23. The monoisotopic (exact) mass is 680 g/mol. The summed E-state index contributed by atoms with van der Waals surface area (Å²) in [6, 6.07) is 12.9. The number of rotatable bonds is 9. The van der Waals surface area contributed by atoms with Crippen molar-refractivity contribution < 1.29 is 28.7 Å². The molecule has 1 aromatic heterocycles. The van der Waals surface area contributed by atoms with Crippen LogP contribution >= 0.6 is 0 Å². The van der Waals surface area contributed by atoms with Gasteiger partial charge in [0.1, 0.15) is 17.4 Å². The number of aliphatic imine (C=N–C) groups is 1. The first-order chi connectivity index (χ1) is 23.6. The third kappa shape index (κ3) is 6.61. The fourth-order valence-corrected chi connectivity index (χ4v) is 7.17. The molecule has 3 amide bonds. The molecule has 2 unspecified atom stereocenters. The topological polar surface area (TPSA) is 130 Å². The van der Waals surface area contributed by atoms with E-state index in [4.69, 9.17) is 14.5 Å². The molecule has 0 spiro atoms. The number of nitrogens with zero attached hydrogens (tertiary/aromatic N) is 3. The molecule has 2 atom stereocenters. The second-order valence-electron chi connectivity index (χ2n) is 15.2. The number of carbonyl (C=O) groups is 4. The predicted molar refractivity (Wildman–Crippen MR) is 193 cm³/mol. The summed E-state index contributed by atoms with van der Waals surface area (Å²) < 4.78 is 11.7. The number of carbonyl (C=O) groups excluding carboxylic acids is 4. The lowest BCUT2D eigenvalue weighted by atomic mass is 9.92. The lowest BCUT2D eigenvalue weighted by Gasteiger charge is -2.37. The Balaban J connectivity index is 1.37. The van der Waals surface area contributed by atoms with Gasteiger partial charge in [-0.25, -0.2) is 14.6 Å². The Kier molecular flexibility index (Phi) is 9.07. The summed E-state index contributed by atoms with van der Waals surface area (Å²) in [7, 11) is 1.73. The highest BCUT2D eigenvalue weighted by Gasteiger charge is 2.54. The van der Waals surface area contributed by atoms with Crippen molar-refractivity contribution in [2.75, 3.05) is 20.1 Å². The van der Waals surface area contributed by atoms with E-state index in [0.717, 1.165) is 41.4 Å². The summed E-state index contributed by atoms with van der Waals surface area (Å²) in [4.78, 5) is 63.2. The quantitative estimate of drug-likeness (QED) is 0.121. The number of benzene rings is 2. The average molecular weight is 681 g/mol. The summed E-state index contributed by atoms with van der Waals surface area (Å²) in [5, 5.41) is 3.33. The van der Waals surface area contributed by atoms with Crippen molar-refractivity contribution >= 4 is 51.8 Å². The van der Waals surface area contributed by atoms with Crippen LogP contribution < -0.4 is 9.80 Å². The maximum atomic E-state index is 14.0. The van der Waals surface area contributed by atoms with Crippen LogP contribution in [-0.2, 0) is 30.3 Å². The molecular formula is C39H46N5O6+. The number of quaternary nitrogens is 1. The smallest absolute Gasteiger partial charge is 0.410 e. The minimum Gasteiger partial charge on any atom is -0.456 e. The molecule has 3 aromatic rings. The summed E-state index contributed by atoms with van der Waals surface area (Å²) in [6.45, 7) is 12.2. The van der Waals surface area contributed by atoms with Gasteiger partial charge in [-0.05, 0) is 72.9 Å². The number of ether oxygens (including phenoxy) is 2. The first kappa shape index (κ1) is 34.8. The molecule has 3 aliphatic heterocycles. The van der Waals surface area contributed by atoms with Gasteiger partial charge in [0.25, 0.3) is 11.8 Å². The van der Waals surface area contributed by atoms with Gasteiger partial charge in [0.2, 0.25) is 6.04 Å². The first-order valence-corrected chi connectivity index (χ1v) is 17.2. The van der Waals surface area contributed by atoms with Gasteiger partial charge in [-0.15, -0.1) is 0 Å². The second-order valence-corrected chi connectivity index (χ2v) is 15.2. The van der Waals surface area contributed by atoms with Crippen molar-refractivity contribution in [2.45, 2.75) is 84.5 Å². The number of hydrogen-bond acceptors (Lipinski definition) is 7. The summed E-state index contributed by atoms with van der Waals surface area (Å²) >= 11 is 0. The van der Waals surface area contributed by atoms with E-state index >= 15 is 0 Å². The fraction of sp³-hybridized carbons (Fsp3) is 0.410. The number of H-pyrrole nitrogens is 1. The van der Waals surface area contributed by atoms with E-state index in [9.17, 15) is 19.2 Å². The largest absolute Gasteiger partial charge is 0.456 e. The average Bonchev–Trinajstić information content (AvgIpc) is 3.64. The van der Waals surface area contributed by atoms with Crippen LogP contribution in [0, 0.1) is 0 Å². The number of aromatic nitrogens is 1. The number of aromatic amines is 1. The molecule has 2 aromatic carbocycles. The Morgan fingerprint density at radius 3 is 2.36 bits per heavy atom. The van der Waals surface area contributed by atoms with Crippen molar-refractivity contribution in [1.29, 1.82) is 0 Å². The summed E-state index contributed by atoms with van der Waals surface area (Å²) in [5.41, 5.74) is 3.56. The van der Waals surface area contributed by atoms with E-state index < -0.39 is 29.1 Å². The van der Waals surface area contributed by atoms with E-state index in [2.05, 4.69) is 10.3 Å². The van der Waals surface area contributed by atoms with Crippen LogP contribution in [0.5, 0.6) is 0 Å². The molecule has 3 aliphatic rings. The van der Waals surface area contributed by atoms with Crippen LogP contribution in [0.4, 0.5) is 10.5 Å². The Bertz CT molecular complexity index is 1970. The molecule has 11 heteroatoms. The van der Waals surface area contributed by atoms with Crippen molar-refractivity contribution in [1.82, 2.24) is 19.7 Å². The van der Waals surface area contributed by atoms with E-state index in [-0.39, 0.29) is 27.7 Å². The number of para-hydroxylation sites is 2. The van der Waals surface area contributed by atoms with Crippen LogP contribution in [0.25, 0.3) is 16.5 Å². The van der Waals surface area contributed by atoms with Gasteiger partial charge in [0.15, 0.2) is 5.69 Å². The van der Waals surface area contributed by atoms with Crippen molar-refractivity contribution in [3.63, 3.8) is 0 Å². The van der Waals surface area contributed by atoms with E-state index in [0.29, 0.717) is 36.3 Å². The number of amides is 3. The Morgan fingerprint density at radius 1 is 0.900 bits per heavy atom. The van der Waals surface area contributed by atoms with Crippen molar-refractivity contribution in [3.05, 3.63) is 83.3 Å². The van der Waals surface area contributed by atoms with Crippen LogP contribution in [0.15, 0.2) is 71.6 Å². The molecule has 0 saturated heterocycles. The number of unbranched alkanes of at least 4 members (excludes halogenated alkanes) is 2. The third-order valence-electron chi connectivity index (χ3n) is 9.23. The normalized spacial score (nSPS) is 20.1. The first-order valence-electron chi connectivity index (χ1n) is 17.2. The van der Waals surface area contributed by atoms with E-state index in [1.807, 2.05) is 90.2 Å². The van der Waals surface area contributed by atoms with Crippen LogP contribution in [0.1, 0.15) is 77.5 Å². The molecule has 0 saturated carbocycles. The van der Waals surface area contributed by atoms with Crippen LogP contribution in [0.3, 0.4) is 0 Å². The molecule has 0 radical (unpaired) electrons. The SMILES string of the molecule is CN(CCCCC[N+]12C=CN=C(C3=C(c4c[nH]c5ccccc45)C(=O)NC3=O)c3cccc(c31)CC2C(=O)OC(C)(C)C)C(=O)OC(C)(C)C. The van der Waals surface area contributed by atoms with Crippen LogP contribution in [-0.4, -0.2) is 76.9 Å². The Hall–Kier alpha value is -5.03. The number of nitrogens with one attached hydrogen (secondary N) is 2. The van der Waals surface area contributed by atoms with Gasteiger partial charge < -0.3 is 19.4 Å². The number of esters is 1. The Labute approximate surface area is 292 Å². The van der Waals surface area contributed by atoms with Crippen molar-refractivity contribution in [3.8, 4) is 0 Å². The highest BCUT2D eigenvalue weighted by atomic mass is 16.6. The lowest BCUT2D eigenvalue weighted by Crippen LogP contribution is -2.56. The number of imide groups is 1. The zero-order chi connectivity index (χ0) is 36.0. The molecule has 6 rings (SSSR count). The van der Waals surface area contributed by atoms with Gasteiger partial charge in [0.05, 0.1) is 35.2 Å². The zero-order valence-corrected chi connectivity index (χ0v) is 29.9. The summed E-state index contributed by atoms with van der Waals surface area (Å²) in [5.74, 6) is -1.32. The standard InChI is InChI=1S/C39H45N5O6/c1-38(2,3)49-36(47)29-22-24-14-13-16-26-32(31-30(34(45)42-35(31)46)27-23-41-28-17-10-9-15-25(27)28)40-18-21-44(29,33(24)26)20-12-8-11-19-43(7)37(48)50-39(4,5)6/h9-10,13-18,21,23,29H,8,11-12,19-20,22H2,1-7H3,(H-,40,41,42,45,46)/p+1. The molecule has 0 bridgehead atoms. The van der Waals surface area contributed by atoms with Gasteiger partial charge in [-0.3, -0.25) is 19.4 Å². The molecule has 2 N–H and O–H groups in total. The lowest BCUT2D eigenvalue weighted by molar-refractivity contribution is -0.159. The van der Waals surface area contributed by atoms with Gasteiger partial charge >= 0.3 is 12.1 Å². The molecular weight excluding hydrogens is 634 g/mol. The maximum Gasteiger partial charge on any atom is 0.410 e. The molecule has 0 aliphatic carbocycles. The second kappa shape index (κ2) is 13.0. The van der Waals surface area contributed by atoms with E-state index in [1.54, 1.807) is 24.3 Å².